The highest BCUT2D eigenvalue weighted by Gasteiger charge is 2.33. The molecule has 0 spiro atoms. The molecule has 5 nitrogen and oxygen atoms in total. The lowest BCUT2D eigenvalue weighted by Crippen LogP contribution is -2.40. The van der Waals surface area contributed by atoms with Crippen LogP contribution in [-0.4, -0.2) is 33.1 Å². The van der Waals surface area contributed by atoms with Crippen molar-refractivity contribution in [1.29, 1.82) is 0 Å². The van der Waals surface area contributed by atoms with Gasteiger partial charge in [0.25, 0.3) is 0 Å². The third-order valence-corrected chi connectivity index (χ3v) is 6.01. The van der Waals surface area contributed by atoms with Crippen LogP contribution in [0.1, 0.15) is 51.5 Å². The second-order valence-corrected chi connectivity index (χ2v) is 7.26. The zero-order chi connectivity index (χ0) is 14.1. The van der Waals surface area contributed by atoms with Gasteiger partial charge in [0.05, 0.1) is 0 Å². The number of thioether (sulfide) groups is 1. The topological polar surface area (TPSA) is 62.7 Å². The summed E-state index contributed by atoms with van der Waals surface area (Å²) >= 11 is 1.79. The molecular formula is C14H24N4OS. The van der Waals surface area contributed by atoms with E-state index in [1.807, 2.05) is 11.6 Å². The summed E-state index contributed by atoms with van der Waals surface area (Å²) in [6.07, 6.45) is 7.25. The lowest BCUT2D eigenvalue weighted by molar-refractivity contribution is 0.304. The third-order valence-electron chi connectivity index (χ3n) is 4.69. The Labute approximate surface area is 123 Å². The van der Waals surface area contributed by atoms with Crippen LogP contribution < -0.4 is 11.0 Å². The van der Waals surface area contributed by atoms with E-state index >= 15 is 0 Å². The monoisotopic (exact) mass is 296 g/mol. The Balaban J connectivity index is 1.76. The van der Waals surface area contributed by atoms with Gasteiger partial charge in [-0.05, 0) is 45.1 Å². The molecule has 6 heteroatoms. The quantitative estimate of drug-likeness (QED) is 0.874. The van der Waals surface area contributed by atoms with Gasteiger partial charge < -0.3 is 5.32 Å². The van der Waals surface area contributed by atoms with Crippen LogP contribution >= 0.6 is 11.8 Å². The van der Waals surface area contributed by atoms with Gasteiger partial charge in [-0.1, -0.05) is 25.1 Å². The maximum atomic E-state index is 11.9. The second kappa shape index (κ2) is 5.93. The molecule has 2 fully saturated rings. The normalized spacial score (nSPS) is 30.6. The second-order valence-electron chi connectivity index (χ2n) is 6.05. The fourth-order valence-electron chi connectivity index (χ4n) is 3.21. The van der Waals surface area contributed by atoms with E-state index in [1.54, 1.807) is 11.8 Å². The predicted octanol–water partition coefficient (Wildman–Crippen LogP) is 2.17. The number of aromatic nitrogens is 3. The summed E-state index contributed by atoms with van der Waals surface area (Å²) in [7, 11) is 2.04. The highest BCUT2D eigenvalue weighted by atomic mass is 32.2. The number of nitrogens with zero attached hydrogens (tertiary/aromatic N) is 2. The van der Waals surface area contributed by atoms with E-state index < -0.39 is 0 Å². The maximum Gasteiger partial charge on any atom is 0.344 e. The van der Waals surface area contributed by atoms with Gasteiger partial charge in [0.2, 0.25) is 0 Å². The first kappa shape index (κ1) is 14.2. The highest BCUT2D eigenvalue weighted by molar-refractivity contribution is 7.99. The van der Waals surface area contributed by atoms with Crippen LogP contribution in [0.3, 0.4) is 0 Å². The van der Waals surface area contributed by atoms with Crippen LogP contribution in [0.4, 0.5) is 0 Å². The van der Waals surface area contributed by atoms with E-state index in [0.717, 1.165) is 23.9 Å². The smallest absolute Gasteiger partial charge is 0.316 e. The number of H-pyrrole nitrogens is 1. The minimum atomic E-state index is -0.0427. The molecule has 1 aromatic rings. The van der Waals surface area contributed by atoms with Crippen molar-refractivity contribution in [2.45, 2.75) is 67.9 Å². The molecule has 0 aromatic carbocycles. The summed E-state index contributed by atoms with van der Waals surface area (Å²) in [6.45, 7) is 2.28. The molecule has 2 aliphatic rings. The molecule has 0 aliphatic heterocycles. The first-order valence-corrected chi connectivity index (χ1v) is 8.61. The zero-order valence-electron chi connectivity index (χ0n) is 12.3. The maximum absolute atomic E-state index is 11.9. The fraction of sp³-hybridized carbons (Fsp3) is 0.857. The minimum absolute atomic E-state index is 0.0427. The summed E-state index contributed by atoms with van der Waals surface area (Å²) < 4.78 is 1.87. The zero-order valence-corrected chi connectivity index (χ0v) is 13.1. The Morgan fingerprint density at radius 1 is 1.40 bits per heavy atom. The first-order chi connectivity index (χ1) is 9.72. The van der Waals surface area contributed by atoms with Gasteiger partial charge in [-0.3, -0.25) is 4.57 Å². The molecule has 0 saturated heterocycles. The number of hydrogen-bond donors (Lipinski definition) is 2. The lowest BCUT2D eigenvalue weighted by Gasteiger charge is -2.35. The lowest BCUT2D eigenvalue weighted by atomic mass is 9.84. The molecule has 0 amide bonds. The van der Waals surface area contributed by atoms with Gasteiger partial charge in [0.15, 0.2) is 5.16 Å². The Hall–Kier alpha value is -0.750. The van der Waals surface area contributed by atoms with Crippen LogP contribution in [0.15, 0.2) is 9.95 Å². The van der Waals surface area contributed by atoms with Crippen molar-refractivity contribution in [3.8, 4) is 0 Å². The Bertz CT molecular complexity index is 508. The van der Waals surface area contributed by atoms with Crippen LogP contribution in [0, 0.1) is 5.92 Å². The average molecular weight is 296 g/mol. The largest absolute Gasteiger partial charge is 0.344 e. The first-order valence-electron chi connectivity index (χ1n) is 7.73. The van der Waals surface area contributed by atoms with Crippen molar-refractivity contribution in [2.24, 2.45) is 5.92 Å². The fourth-order valence-corrected chi connectivity index (χ4v) is 4.73. The van der Waals surface area contributed by atoms with Gasteiger partial charge in [-0.25, -0.2) is 9.89 Å². The molecule has 112 valence electrons. The van der Waals surface area contributed by atoms with E-state index in [0.29, 0.717) is 17.3 Å². The minimum Gasteiger partial charge on any atom is -0.316 e. The number of rotatable bonds is 5. The molecule has 0 bridgehead atoms. The molecule has 1 heterocycles. The highest BCUT2D eigenvalue weighted by Crippen LogP contribution is 2.40. The van der Waals surface area contributed by atoms with Crippen LogP contribution in [0.2, 0.25) is 0 Å². The van der Waals surface area contributed by atoms with Crippen molar-refractivity contribution in [2.75, 3.05) is 7.05 Å². The molecule has 0 radical (unpaired) electrons. The Morgan fingerprint density at radius 3 is 2.85 bits per heavy atom. The Morgan fingerprint density at radius 2 is 2.20 bits per heavy atom. The van der Waals surface area contributed by atoms with Gasteiger partial charge in [0.1, 0.15) is 0 Å². The molecule has 3 atom stereocenters. The molecule has 1 aromatic heterocycles. The average Bonchev–Trinajstić information content (AvgIpc) is 3.23. The summed E-state index contributed by atoms with van der Waals surface area (Å²) in [4.78, 5) is 11.9. The van der Waals surface area contributed by atoms with Gasteiger partial charge in [0, 0.05) is 17.3 Å². The number of hydrogen-bond acceptors (Lipinski definition) is 4. The van der Waals surface area contributed by atoms with Crippen molar-refractivity contribution >= 4 is 11.8 Å². The molecule has 2 aliphatic carbocycles. The summed E-state index contributed by atoms with van der Waals surface area (Å²) in [5.41, 5.74) is -0.0427. The van der Waals surface area contributed by atoms with E-state index in [9.17, 15) is 4.79 Å². The van der Waals surface area contributed by atoms with Crippen LogP contribution in [0.5, 0.6) is 0 Å². The molecule has 20 heavy (non-hydrogen) atoms. The molecule has 2 N–H and O–H groups in total. The van der Waals surface area contributed by atoms with Crippen molar-refractivity contribution < 1.29 is 0 Å². The van der Waals surface area contributed by atoms with E-state index in [4.69, 9.17) is 0 Å². The van der Waals surface area contributed by atoms with Crippen molar-refractivity contribution in [3.05, 3.63) is 10.5 Å². The van der Waals surface area contributed by atoms with E-state index in [1.165, 1.54) is 25.7 Å². The Kier molecular flexibility index (Phi) is 4.21. The number of nitrogens with one attached hydrogen (secondary N) is 2. The van der Waals surface area contributed by atoms with Gasteiger partial charge in [-0.15, -0.1) is 5.10 Å². The van der Waals surface area contributed by atoms with Crippen LogP contribution in [0.25, 0.3) is 0 Å². The van der Waals surface area contributed by atoms with Gasteiger partial charge in [-0.2, -0.15) is 0 Å². The van der Waals surface area contributed by atoms with E-state index in [2.05, 4.69) is 22.4 Å². The SMILES string of the molecule is CCC1CCC(NC)C(Sc2n[nH]c(=O)n2C2CC2)C1. The third kappa shape index (κ3) is 2.81. The molecule has 3 rings (SSSR count). The van der Waals surface area contributed by atoms with Gasteiger partial charge >= 0.3 is 5.69 Å². The molecule has 2 saturated carbocycles. The summed E-state index contributed by atoms with van der Waals surface area (Å²) in [6, 6.07) is 0.921. The standard InChI is InChI=1S/C14H24N4OS/c1-3-9-4-7-11(15-2)12(8-9)20-14-17-16-13(19)18(14)10-5-6-10/h9-12,15H,3-8H2,1-2H3,(H,16,19). The summed E-state index contributed by atoms with van der Waals surface area (Å²) in [5, 5.41) is 11.7. The van der Waals surface area contributed by atoms with Crippen molar-refractivity contribution in [1.82, 2.24) is 20.1 Å². The molecular weight excluding hydrogens is 272 g/mol. The number of aromatic amines is 1. The predicted molar refractivity (Wildman–Crippen MR) is 81.2 cm³/mol. The van der Waals surface area contributed by atoms with E-state index in [-0.39, 0.29) is 5.69 Å². The molecule has 3 unspecified atom stereocenters. The van der Waals surface area contributed by atoms with Crippen molar-refractivity contribution in [3.63, 3.8) is 0 Å². The van der Waals surface area contributed by atoms with Crippen LogP contribution in [-0.2, 0) is 0 Å². The summed E-state index contributed by atoms with van der Waals surface area (Å²) in [5.74, 6) is 0.817.